The molecule has 8 nitrogen and oxygen atoms in total. The van der Waals surface area contributed by atoms with Crippen LogP contribution >= 0.6 is 11.8 Å². The molecule has 31 heavy (non-hydrogen) atoms. The Bertz CT molecular complexity index is 1140. The summed E-state index contributed by atoms with van der Waals surface area (Å²) >= 11 is 1.44. The summed E-state index contributed by atoms with van der Waals surface area (Å²) in [5.74, 6) is -0.0000733. The minimum atomic E-state index is -0.374. The Labute approximate surface area is 183 Å². The number of piperazine rings is 1. The Morgan fingerprint density at radius 1 is 1.03 bits per heavy atom. The van der Waals surface area contributed by atoms with Crippen LogP contribution < -0.4 is 0 Å². The van der Waals surface area contributed by atoms with E-state index in [4.69, 9.17) is 0 Å². The summed E-state index contributed by atoms with van der Waals surface area (Å²) < 4.78 is 14.8. The van der Waals surface area contributed by atoms with Crippen LogP contribution in [-0.2, 0) is 11.2 Å². The van der Waals surface area contributed by atoms with Crippen molar-refractivity contribution in [3.05, 3.63) is 52.6 Å². The number of halogens is 1. The third-order valence-corrected chi connectivity index (χ3v) is 6.09. The highest BCUT2D eigenvalue weighted by molar-refractivity contribution is 7.98. The molecule has 0 radical (unpaired) electrons. The van der Waals surface area contributed by atoms with Crippen LogP contribution in [0.5, 0.6) is 0 Å². The van der Waals surface area contributed by atoms with Gasteiger partial charge in [-0.3, -0.25) is 9.59 Å². The minimum Gasteiger partial charge on any atom is -0.339 e. The van der Waals surface area contributed by atoms with Crippen molar-refractivity contribution in [3.8, 4) is 0 Å². The Balaban J connectivity index is 1.42. The van der Waals surface area contributed by atoms with Crippen LogP contribution in [-0.4, -0.2) is 73.6 Å². The van der Waals surface area contributed by atoms with Crippen LogP contribution in [0.3, 0.4) is 0 Å². The second-order valence-electron chi connectivity index (χ2n) is 7.43. The maximum absolute atomic E-state index is 13.1. The molecule has 3 heterocycles. The average Bonchev–Trinajstić information content (AvgIpc) is 3.20. The number of thioether (sulfide) groups is 1. The van der Waals surface area contributed by atoms with Gasteiger partial charge in [-0.1, -0.05) is 11.8 Å². The molecular weight excluding hydrogens is 419 g/mol. The van der Waals surface area contributed by atoms with Gasteiger partial charge in [0.25, 0.3) is 11.7 Å². The molecule has 1 aliphatic rings. The number of aromatic nitrogens is 4. The van der Waals surface area contributed by atoms with Crippen molar-refractivity contribution in [2.75, 3.05) is 32.4 Å². The highest BCUT2D eigenvalue weighted by Crippen LogP contribution is 2.18. The summed E-state index contributed by atoms with van der Waals surface area (Å²) in [6, 6.07) is 5.52. The fraction of sp³-hybridized carbons (Fsp3) is 0.381. The Kier molecular flexibility index (Phi) is 5.90. The first-order chi connectivity index (χ1) is 14.9. The molecule has 0 saturated carbocycles. The number of hydrogen-bond donors (Lipinski definition) is 0. The van der Waals surface area contributed by atoms with E-state index in [1.54, 1.807) is 14.3 Å². The molecule has 0 aliphatic carbocycles. The fourth-order valence-electron chi connectivity index (χ4n) is 3.73. The quantitative estimate of drug-likeness (QED) is 0.576. The zero-order valence-electron chi connectivity index (χ0n) is 17.6. The van der Waals surface area contributed by atoms with E-state index in [-0.39, 0.29) is 24.1 Å². The van der Waals surface area contributed by atoms with Crippen molar-refractivity contribution >= 4 is 29.4 Å². The third kappa shape index (κ3) is 4.25. The lowest BCUT2D eigenvalue weighted by atomic mass is 10.1. The number of rotatable bonds is 4. The highest BCUT2D eigenvalue weighted by Gasteiger charge is 2.26. The molecule has 0 unspecified atom stereocenters. The van der Waals surface area contributed by atoms with Crippen molar-refractivity contribution in [2.45, 2.75) is 25.4 Å². The molecule has 2 aromatic heterocycles. The van der Waals surface area contributed by atoms with Crippen LogP contribution in [0.4, 0.5) is 4.39 Å². The van der Waals surface area contributed by atoms with Gasteiger partial charge in [0.15, 0.2) is 0 Å². The third-order valence-electron chi connectivity index (χ3n) is 5.55. The first-order valence-corrected chi connectivity index (χ1v) is 11.2. The van der Waals surface area contributed by atoms with Gasteiger partial charge >= 0.3 is 0 Å². The Morgan fingerprint density at radius 2 is 1.68 bits per heavy atom. The van der Waals surface area contributed by atoms with E-state index in [0.717, 1.165) is 17.0 Å². The van der Waals surface area contributed by atoms with Gasteiger partial charge in [0.1, 0.15) is 5.82 Å². The lowest BCUT2D eigenvalue weighted by Gasteiger charge is -2.35. The monoisotopic (exact) mass is 442 g/mol. The van der Waals surface area contributed by atoms with E-state index >= 15 is 0 Å². The number of fused-ring (bicyclic) bond motifs is 1. The molecule has 2 amide bonds. The predicted octanol–water partition coefficient (Wildman–Crippen LogP) is 2.13. The van der Waals surface area contributed by atoms with E-state index < -0.39 is 0 Å². The van der Waals surface area contributed by atoms with Crippen LogP contribution in [0.25, 0.3) is 5.78 Å². The lowest BCUT2D eigenvalue weighted by Crippen LogP contribution is -2.51. The normalized spacial score (nSPS) is 14.3. The van der Waals surface area contributed by atoms with Crippen LogP contribution in [0.1, 0.15) is 27.3 Å². The van der Waals surface area contributed by atoms with Gasteiger partial charge in [0.05, 0.1) is 6.42 Å². The van der Waals surface area contributed by atoms with Gasteiger partial charge in [0, 0.05) is 48.7 Å². The molecule has 0 bridgehead atoms. The second kappa shape index (κ2) is 8.62. The predicted molar refractivity (Wildman–Crippen MR) is 115 cm³/mol. The smallest absolute Gasteiger partial charge is 0.253 e. The molecule has 1 fully saturated rings. The molecule has 1 aliphatic heterocycles. The molecule has 0 atom stereocenters. The van der Waals surface area contributed by atoms with Crippen molar-refractivity contribution in [3.63, 3.8) is 0 Å². The number of benzene rings is 1. The van der Waals surface area contributed by atoms with Crippen LogP contribution in [0, 0.1) is 19.7 Å². The van der Waals surface area contributed by atoms with Crippen molar-refractivity contribution < 1.29 is 14.0 Å². The van der Waals surface area contributed by atoms with Gasteiger partial charge in [-0.15, -0.1) is 5.10 Å². The number of amides is 2. The number of aryl methyl sites for hydroxylation is 2. The zero-order chi connectivity index (χ0) is 22.1. The Hall–Kier alpha value is -3.01. The summed E-state index contributed by atoms with van der Waals surface area (Å²) in [6.45, 7) is 5.60. The van der Waals surface area contributed by atoms with Crippen LogP contribution in [0.2, 0.25) is 0 Å². The molecule has 0 N–H and O–H groups in total. The Morgan fingerprint density at radius 3 is 2.32 bits per heavy atom. The van der Waals surface area contributed by atoms with E-state index in [1.165, 1.54) is 36.0 Å². The molecule has 0 spiro atoms. The van der Waals surface area contributed by atoms with Gasteiger partial charge in [-0.25, -0.2) is 13.9 Å². The largest absolute Gasteiger partial charge is 0.339 e. The van der Waals surface area contributed by atoms with E-state index in [0.29, 0.717) is 42.7 Å². The van der Waals surface area contributed by atoms with Crippen LogP contribution in [0.15, 0.2) is 29.4 Å². The van der Waals surface area contributed by atoms with Gasteiger partial charge in [0.2, 0.25) is 11.1 Å². The lowest BCUT2D eigenvalue weighted by molar-refractivity contribution is -0.131. The molecule has 4 rings (SSSR count). The molecule has 10 heteroatoms. The maximum Gasteiger partial charge on any atom is 0.253 e. The number of carbonyl (C=O) groups excluding carboxylic acids is 2. The summed E-state index contributed by atoms with van der Waals surface area (Å²) in [6.07, 6.45) is 2.13. The average molecular weight is 443 g/mol. The van der Waals surface area contributed by atoms with Gasteiger partial charge in [-0.05, 0) is 44.4 Å². The minimum absolute atomic E-state index is 0.00793. The maximum atomic E-state index is 13.1. The van der Waals surface area contributed by atoms with Crippen molar-refractivity contribution in [2.24, 2.45) is 0 Å². The summed E-state index contributed by atoms with van der Waals surface area (Å²) in [7, 11) is 0. The summed E-state index contributed by atoms with van der Waals surface area (Å²) in [5.41, 5.74) is 2.92. The topological polar surface area (TPSA) is 83.7 Å². The number of nitrogens with zero attached hydrogens (tertiary/aromatic N) is 6. The molecule has 3 aromatic rings. The highest BCUT2D eigenvalue weighted by atomic mass is 32.2. The van der Waals surface area contributed by atoms with Crippen molar-refractivity contribution in [1.29, 1.82) is 0 Å². The van der Waals surface area contributed by atoms with E-state index in [1.807, 2.05) is 20.1 Å². The van der Waals surface area contributed by atoms with Gasteiger partial charge < -0.3 is 9.80 Å². The molecule has 1 saturated heterocycles. The SMILES string of the molecule is CSc1nc2nc(C)c(CC(=O)N3CCN(C(=O)c4ccc(F)cc4)CC3)c(C)n2n1. The zero-order valence-corrected chi connectivity index (χ0v) is 18.4. The summed E-state index contributed by atoms with van der Waals surface area (Å²) in [5, 5.41) is 5.07. The summed E-state index contributed by atoms with van der Waals surface area (Å²) in [4.78, 5) is 37.9. The molecular formula is C21H23FN6O2S. The first-order valence-electron chi connectivity index (χ1n) is 9.97. The molecule has 1 aromatic carbocycles. The standard InChI is InChI=1S/C21H23FN6O2S/c1-13-17(14(2)28-20(23-13)24-21(25-28)31-3)12-18(29)26-8-10-27(11-9-26)19(30)15-4-6-16(22)7-5-15/h4-7H,8-12H2,1-3H3. The van der Waals surface area contributed by atoms with E-state index in [9.17, 15) is 14.0 Å². The molecule has 162 valence electrons. The van der Waals surface area contributed by atoms with Gasteiger partial charge in [-0.2, -0.15) is 4.98 Å². The van der Waals surface area contributed by atoms with Crippen molar-refractivity contribution in [1.82, 2.24) is 29.4 Å². The first kappa shape index (κ1) is 21.2. The second-order valence-corrected chi connectivity index (χ2v) is 8.20. The number of hydrogen-bond acceptors (Lipinski definition) is 6. The fourth-order valence-corrected chi connectivity index (χ4v) is 4.07. The van der Waals surface area contributed by atoms with E-state index in [2.05, 4.69) is 15.1 Å². The number of carbonyl (C=O) groups is 2.